The highest BCUT2D eigenvalue weighted by molar-refractivity contribution is 5.95. The van der Waals surface area contributed by atoms with Crippen LogP contribution in [0.25, 0.3) is 0 Å². The second-order valence-corrected chi connectivity index (χ2v) is 4.19. The Hall–Kier alpha value is -2.36. The molecule has 2 aromatic rings. The van der Waals surface area contributed by atoms with Gasteiger partial charge in [-0.05, 0) is 37.6 Å². The lowest BCUT2D eigenvalue weighted by molar-refractivity contribution is 0.101. The van der Waals surface area contributed by atoms with E-state index in [-0.39, 0.29) is 5.78 Å². The van der Waals surface area contributed by atoms with E-state index < -0.39 is 0 Å². The van der Waals surface area contributed by atoms with Gasteiger partial charge < -0.3 is 11.1 Å². The van der Waals surface area contributed by atoms with Gasteiger partial charge in [-0.15, -0.1) is 0 Å². The average molecular weight is 241 g/mol. The van der Waals surface area contributed by atoms with Crippen LogP contribution in [0.15, 0.2) is 36.5 Å². The van der Waals surface area contributed by atoms with Crippen LogP contribution < -0.4 is 11.1 Å². The number of pyridine rings is 1. The summed E-state index contributed by atoms with van der Waals surface area (Å²) >= 11 is 0. The van der Waals surface area contributed by atoms with Crippen LogP contribution in [-0.2, 0) is 0 Å². The SMILES string of the molecule is CC(=O)c1cccc(Nc2cc(C)c(N)cn2)c1. The van der Waals surface area contributed by atoms with Crippen LogP contribution in [-0.4, -0.2) is 10.8 Å². The van der Waals surface area contributed by atoms with E-state index in [9.17, 15) is 4.79 Å². The number of nitrogens with two attached hydrogens (primary N) is 1. The third kappa shape index (κ3) is 2.66. The van der Waals surface area contributed by atoms with E-state index in [1.807, 2.05) is 25.1 Å². The van der Waals surface area contributed by atoms with Crippen molar-refractivity contribution < 1.29 is 4.79 Å². The number of nitrogens with zero attached hydrogens (tertiary/aromatic N) is 1. The normalized spacial score (nSPS) is 10.1. The molecule has 0 radical (unpaired) electrons. The maximum atomic E-state index is 11.3. The van der Waals surface area contributed by atoms with Gasteiger partial charge in [0.15, 0.2) is 5.78 Å². The van der Waals surface area contributed by atoms with Crippen molar-refractivity contribution in [2.24, 2.45) is 0 Å². The molecule has 0 bridgehead atoms. The summed E-state index contributed by atoms with van der Waals surface area (Å²) in [5.74, 6) is 0.752. The van der Waals surface area contributed by atoms with Crippen LogP contribution in [0.5, 0.6) is 0 Å². The van der Waals surface area contributed by atoms with Crippen molar-refractivity contribution in [1.29, 1.82) is 0 Å². The Morgan fingerprint density at radius 3 is 2.78 bits per heavy atom. The zero-order valence-corrected chi connectivity index (χ0v) is 10.4. The van der Waals surface area contributed by atoms with Gasteiger partial charge in [0, 0.05) is 11.3 Å². The highest BCUT2D eigenvalue weighted by Gasteiger charge is 2.02. The zero-order chi connectivity index (χ0) is 13.1. The lowest BCUT2D eigenvalue weighted by atomic mass is 10.1. The molecule has 0 aliphatic carbocycles. The largest absolute Gasteiger partial charge is 0.397 e. The molecule has 0 aliphatic rings. The average Bonchev–Trinajstić information content (AvgIpc) is 2.34. The molecule has 3 N–H and O–H groups in total. The summed E-state index contributed by atoms with van der Waals surface area (Å²) in [5, 5.41) is 3.15. The standard InChI is InChI=1S/C14H15N3O/c1-9-6-14(16-8-13(9)15)17-12-5-3-4-11(7-12)10(2)18/h3-8H,15H2,1-2H3,(H,16,17). The molecular formula is C14H15N3O. The van der Waals surface area contributed by atoms with Gasteiger partial charge in [-0.2, -0.15) is 0 Å². The van der Waals surface area contributed by atoms with E-state index in [1.165, 1.54) is 0 Å². The molecular weight excluding hydrogens is 226 g/mol. The number of rotatable bonds is 3. The molecule has 18 heavy (non-hydrogen) atoms. The number of anilines is 3. The summed E-state index contributed by atoms with van der Waals surface area (Å²) < 4.78 is 0. The van der Waals surface area contributed by atoms with Gasteiger partial charge in [0.2, 0.25) is 0 Å². The Kier molecular flexibility index (Phi) is 3.28. The molecule has 0 unspecified atom stereocenters. The Bertz CT molecular complexity index is 593. The molecule has 0 saturated heterocycles. The molecule has 0 atom stereocenters. The maximum absolute atomic E-state index is 11.3. The smallest absolute Gasteiger partial charge is 0.159 e. The molecule has 0 aliphatic heterocycles. The van der Waals surface area contributed by atoms with E-state index in [0.717, 1.165) is 11.3 Å². The number of carbonyl (C=O) groups is 1. The van der Waals surface area contributed by atoms with Gasteiger partial charge in [-0.1, -0.05) is 12.1 Å². The van der Waals surface area contributed by atoms with Crippen LogP contribution in [0.1, 0.15) is 22.8 Å². The third-order valence-electron chi connectivity index (χ3n) is 2.69. The number of hydrogen-bond donors (Lipinski definition) is 2. The quantitative estimate of drug-likeness (QED) is 0.811. The lowest BCUT2D eigenvalue weighted by Crippen LogP contribution is -1.98. The predicted octanol–water partition coefficient (Wildman–Crippen LogP) is 2.92. The first kappa shape index (κ1) is 12.1. The van der Waals surface area contributed by atoms with Gasteiger partial charge in [-0.3, -0.25) is 4.79 Å². The second-order valence-electron chi connectivity index (χ2n) is 4.19. The number of ketones is 1. The van der Waals surface area contributed by atoms with Crippen LogP contribution in [0, 0.1) is 6.92 Å². The van der Waals surface area contributed by atoms with E-state index in [1.54, 1.807) is 25.3 Å². The number of benzene rings is 1. The van der Waals surface area contributed by atoms with E-state index in [4.69, 9.17) is 5.73 Å². The number of Topliss-reactive ketones (excluding diaryl/α,β-unsaturated/α-hetero) is 1. The molecule has 4 nitrogen and oxygen atoms in total. The summed E-state index contributed by atoms with van der Waals surface area (Å²) in [6.45, 7) is 3.47. The first-order chi connectivity index (χ1) is 8.56. The number of nitrogens with one attached hydrogen (secondary N) is 1. The maximum Gasteiger partial charge on any atom is 0.159 e. The van der Waals surface area contributed by atoms with Crippen molar-refractivity contribution in [1.82, 2.24) is 4.98 Å². The molecule has 0 fully saturated rings. The zero-order valence-electron chi connectivity index (χ0n) is 10.4. The summed E-state index contributed by atoms with van der Waals surface area (Å²) in [6, 6.07) is 9.18. The van der Waals surface area contributed by atoms with Crippen LogP contribution in [0.3, 0.4) is 0 Å². The number of aromatic nitrogens is 1. The Balaban J connectivity index is 2.25. The number of carbonyl (C=O) groups excluding carboxylic acids is 1. The van der Waals surface area contributed by atoms with Gasteiger partial charge in [0.05, 0.1) is 11.9 Å². The first-order valence-corrected chi connectivity index (χ1v) is 5.66. The first-order valence-electron chi connectivity index (χ1n) is 5.66. The van der Waals surface area contributed by atoms with Crippen molar-refractivity contribution in [2.45, 2.75) is 13.8 Å². The monoisotopic (exact) mass is 241 g/mol. The van der Waals surface area contributed by atoms with E-state index >= 15 is 0 Å². The minimum Gasteiger partial charge on any atom is -0.397 e. The Morgan fingerprint density at radius 1 is 1.33 bits per heavy atom. The summed E-state index contributed by atoms with van der Waals surface area (Å²) in [7, 11) is 0. The van der Waals surface area contributed by atoms with Gasteiger partial charge in [-0.25, -0.2) is 4.98 Å². The predicted molar refractivity (Wildman–Crippen MR) is 73.1 cm³/mol. The van der Waals surface area contributed by atoms with Crippen LogP contribution >= 0.6 is 0 Å². The minimum atomic E-state index is 0.0418. The summed E-state index contributed by atoms with van der Waals surface area (Å²) in [6.07, 6.45) is 1.62. The number of aryl methyl sites for hydroxylation is 1. The molecule has 1 heterocycles. The third-order valence-corrected chi connectivity index (χ3v) is 2.69. The fourth-order valence-corrected chi connectivity index (χ4v) is 1.60. The van der Waals surface area contributed by atoms with Crippen LogP contribution in [0.2, 0.25) is 0 Å². The second kappa shape index (κ2) is 4.87. The molecule has 0 saturated carbocycles. The van der Waals surface area contributed by atoms with Crippen molar-refractivity contribution in [3.05, 3.63) is 47.7 Å². The van der Waals surface area contributed by atoms with Crippen molar-refractivity contribution in [2.75, 3.05) is 11.1 Å². The number of nitrogen functional groups attached to an aromatic ring is 1. The summed E-state index contributed by atoms with van der Waals surface area (Å²) in [4.78, 5) is 15.5. The van der Waals surface area contributed by atoms with E-state index in [0.29, 0.717) is 17.1 Å². The Labute approximate surface area is 106 Å². The topological polar surface area (TPSA) is 68.0 Å². The summed E-state index contributed by atoms with van der Waals surface area (Å²) in [5.41, 5.74) is 8.85. The van der Waals surface area contributed by atoms with Crippen molar-refractivity contribution >= 4 is 23.0 Å². The molecule has 92 valence electrons. The fraction of sp³-hybridized carbons (Fsp3) is 0.143. The molecule has 1 aromatic heterocycles. The molecule has 1 aromatic carbocycles. The molecule has 4 heteroatoms. The molecule has 0 spiro atoms. The number of hydrogen-bond acceptors (Lipinski definition) is 4. The van der Waals surface area contributed by atoms with Crippen molar-refractivity contribution in [3.63, 3.8) is 0 Å². The molecule has 2 rings (SSSR count). The van der Waals surface area contributed by atoms with Gasteiger partial charge >= 0.3 is 0 Å². The van der Waals surface area contributed by atoms with Gasteiger partial charge in [0.25, 0.3) is 0 Å². The minimum absolute atomic E-state index is 0.0418. The highest BCUT2D eigenvalue weighted by Crippen LogP contribution is 2.19. The molecule has 0 amide bonds. The van der Waals surface area contributed by atoms with Gasteiger partial charge in [0.1, 0.15) is 5.82 Å². The van der Waals surface area contributed by atoms with Crippen LogP contribution in [0.4, 0.5) is 17.2 Å². The fourth-order valence-electron chi connectivity index (χ4n) is 1.60. The van der Waals surface area contributed by atoms with Crippen molar-refractivity contribution in [3.8, 4) is 0 Å². The highest BCUT2D eigenvalue weighted by atomic mass is 16.1. The van der Waals surface area contributed by atoms with E-state index in [2.05, 4.69) is 10.3 Å². The lowest BCUT2D eigenvalue weighted by Gasteiger charge is -2.08. The Morgan fingerprint density at radius 2 is 2.11 bits per heavy atom.